The SMILES string of the molecule is CCCCCCCC(=O)OCn1c(=O)c(C2CCN(C(=O)OC(C)(C)C)CC2)cc2ccccc21. The Balaban J connectivity index is 1.70. The number of piperidine rings is 1. The van der Waals surface area contributed by atoms with Gasteiger partial charge in [-0.25, -0.2) is 4.79 Å². The zero-order chi connectivity index (χ0) is 25.4. The van der Waals surface area contributed by atoms with Crippen molar-refractivity contribution in [2.24, 2.45) is 0 Å². The van der Waals surface area contributed by atoms with Crippen LogP contribution in [0.15, 0.2) is 35.1 Å². The first-order valence-electron chi connectivity index (χ1n) is 13.0. The van der Waals surface area contributed by atoms with Crippen LogP contribution in [0.4, 0.5) is 4.79 Å². The summed E-state index contributed by atoms with van der Waals surface area (Å²) in [5.74, 6) is -0.236. The lowest BCUT2D eigenvalue weighted by Gasteiger charge is -2.33. The van der Waals surface area contributed by atoms with Gasteiger partial charge in [0.05, 0.1) is 5.52 Å². The maximum absolute atomic E-state index is 13.5. The van der Waals surface area contributed by atoms with Crippen LogP contribution in [-0.4, -0.2) is 40.2 Å². The number of benzene rings is 1. The smallest absolute Gasteiger partial charge is 0.410 e. The third-order valence-electron chi connectivity index (χ3n) is 6.46. The van der Waals surface area contributed by atoms with Gasteiger partial charge in [0.2, 0.25) is 0 Å². The van der Waals surface area contributed by atoms with E-state index in [1.807, 2.05) is 51.1 Å². The van der Waals surface area contributed by atoms with Crippen LogP contribution in [0.5, 0.6) is 0 Å². The van der Waals surface area contributed by atoms with Crippen molar-refractivity contribution < 1.29 is 19.1 Å². The number of likely N-dealkylation sites (tertiary alicyclic amines) is 1. The summed E-state index contributed by atoms with van der Waals surface area (Å²) in [5, 5.41) is 0.937. The summed E-state index contributed by atoms with van der Waals surface area (Å²) in [7, 11) is 0. The molecule has 0 saturated carbocycles. The lowest BCUT2D eigenvalue weighted by Crippen LogP contribution is -2.42. The second kappa shape index (κ2) is 12.2. The zero-order valence-electron chi connectivity index (χ0n) is 21.7. The van der Waals surface area contributed by atoms with Crippen molar-refractivity contribution in [2.45, 2.75) is 97.3 Å². The fraction of sp³-hybridized carbons (Fsp3) is 0.607. The first-order chi connectivity index (χ1) is 16.7. The molecule has 0 aliphatic carbocycles. The summed E-state index contributed by atoms with van der Waals surface area (Å²) in [6, 6.07) is 9.63. The molecule has 35 heavy (non-hydrogen) atoms. The Bertz CT molecular complexity index is 1060. The number of aromatic nitrogens is 1. The van der Waals surface area contributed by atoms with E-state index in [1.54, 1.807) is 9.47 Å². The molecule has 1 aliphatic heterocycles. The molecule has 1 fully saturated rings. The van der Waals surface area contributed by atoms with Gasteiger partial charge in [-0.15, -0.1) is 0 Å². The number of ether oxygens (including phenoxy) is 2. The normalized spacial score (nSPS) is 14.8. The van der Waals surface area contributed by atoms with Gasteiger partial charge < -0.3 is 14.4 Å². The molecule has 1 aromatic heterocycles. The van der Waals surface area contributed by atoms with Crippen LogP contribution in [0.2, 0.25) is 0 Å². The van der Waals surface area contributed by atoms with Gasteiger partial charge >= 0.3 is 12.1 Å². The molecule has 0 spiro atoms. The third-order valence-corrected chi connectivity index (χ3v) is 6.46. The molecule has 2 heterocycles. The Morgan fingerprint density at radius 2 is 1.71 bits per heavy atom. The van der Waals surface area contributed by atoms with Crippen LogP contribution in [0, 0.1) is 0 Å². The first kappa shape index (κ1) is 26.8. The van der Waals surface area contributed by atoms with Crippen molar-refractivity contribution in [2.75, 3.05) is 13.1 Å². The van der Waals surface area contributed by atoms with Crippen LogP contribution in [-0.2, 0) is 21.0 Å². The Kier molecular flexibility index (Phi) is 9.35. The molecule has 0 atom stereocenters. The zero-order valence-corrected chi connectivity index (χ0v) is 21.7. The number of nitrogens with zero attached hydrogens (tertiary/aromatic N) is 2. The maximum Gasteiger partial charge on any atom is 0.410 e. The predicted molar refractivity (Wildman–Crippen MR) is 137 cm³/mol. The number of para-hydroxylation sites is 1. The van der Waals surface area contributed by atoms with Gasteiger partial charge in [0.1, 0.15) is 5.60 Å². The van der Waals surface area contributed by atoms with Crippen molar-refractivity contribution in [3.05, 3.63) is 46.2 Å². The molecule has 7 nitrogen and oxygen atoms in total. The van der Waals surface area contributed by atoms with Gasteiger partial charge in [0.25, 0.3) is 5.56 Å². The topological polar surface area (TPSA) is 77.8 Å². The third kappa shape index (κ3) is 7.58. The Hall–Kier alpha value is -2.83. The van der Waals surface area contributed by atoms with Crippen molar-refractivity contribution in [3.8, 4) is 0 Å². The molecule has 3 rings (SSSR count). The monoisotopic (exact) mass is 484 g/mol. The minimum Gasteiger partial charge on any atom is -0.444 e. The van der Waals surface area contributed by atoms with E-state index in [0.29, 0.717) is 37.9 Å². The summed E-state index contributed by atoms with van der Waals surface area (Å²) in [5.41, 5.74) is 0.800. The summed E-state index contributed by atoms with van der Waals surface area (Å²) >= 11 is 0. The van der Waals surface area contributed by atoms with Crippen LogP contribution in [0.1, 0.15) is 90.5 Å². The first-order valence-corrected chi connectivity index (χ1v) is 13.0. The van der Waals surface area contributed by atoms with Crippen LogP contribution < -0.4 is 5.56 Å². The van der Waals surface area contributed by atoms with E-state index in [9.17, 15) is 14.4 Å². The number of rotatable bonds is 9. The minimum atomic E-state index is -0.535. The molecular formula is C28H40N2O5. The number of hydrogen-bond donors (Lipinski definition) is 0. The predicted octanol–water partition coefficient (Wildman–Crippen LogP) is 5.98. The number of unbranched alkanes of at least 4 members (excludes halogenated alkanes) is 4. The summed E-state index contributed by atoms with van der Waals surface area (Å²) < 4.78 is 12.6. The Morgan fingerprint density at radius 3 is 2.40 bits per heavy atom. The van der Waals surface area contributed by atoms with Crippen LogP contribution in [0.3, 0.4) is 0 Å². The second-order valence-corrected chi connectivity index (χ2v) is 10.4. The molecule has 0 N–H and O–H groups in total. The van der Waals surface area contributed by atoms with Crippen LogP contribution in [0.25, 0.3) is 10.9 Å². The van der Waals surface area contributed by atoms with E-state index in [4.69, 9.17) is 9.47 Å². The molecule has 1 aliphatic rings. The molecule has 0 unspecified atom stereocenters. The van der Waals surface area contributed by atoms with Crippen molar-refractivity contribution in [3.63, 3.8) is 0 Å². The van der Waals surface area contributed by atoms with Gasteiger partial charge in [0, 0.05) is 25.1 Å². The lowest BCUT2D eigenvalue weighted by atomic mass is 9.89. The van der Waals surface area contributed by atoms with Crippen LogP contribution >= 0.6 is 0 Å². The highest BCUT2D eigenvalue weighted by Crippen LogP contribution is 2.29. The number of amides is 1. The van der Waals surface area contributed by atoms with Gasteiger partial charge in [-0.2, -0.15) is 0 Å². The molecular weight excluding hydrogens is 444 g/mol. The summed E-state index contributed by atoms with van der Waals surface area (Å²) in [6.45, 7) is 8.72. The highest BCUT2D eigenvalue weighted by atomic mass is 16.6. The average molecular weight is 485 g/mol. The molecule has 0 bridgehead atoms. The summed E-state index contributed by atoms with van der Waals surface area (Å²) in [4.78, 5) is 39.9. The van der Waals surface area contributed by atoms with E-state index in [2.05, 4.69) is 6.92 Å². The molecule has 0 radical (unpaired) electrons. The van der Waals surface area contributed by atoms with Crippen molar-refractivity contribution in [1.29, 1.82) is 0 Å². The highest BCUT2D eigenvalue weighted by Gasteiger charge is 2.29. The number of fused-ring (bicyclic) bond motifs is 1. The molecule has 1 amide bonds. The maximum atomic E-state index is 13.5. The second-order valence-electron chi connectivity index (χ2n) is 10.4. The van der Waals surface area contributed by atoms with Crippen molar-refractivity contribution in [1.82, 2.24) is 9.47 Å². The fourth-order valence-corrected chi connectivity index (χ4v) is 4.55. The van der Waals surface area contributed by atoms with Gasteiger partial charge in [-0.3, -0.25) is 14.2 Å². The fourth-order valence-electron chi connectivity index (χ4n) is 4.55. The standard InChI is InChI=1S/C28H40N2O5/c1-5-6-7-8-9-14-25(31)34-20-30-24-13-11-10-12-22(24)19-23(26(30)32)21-15-17-29(18-16-21)27(33)35-28(2,3)4/h10-13,19,21H,5-9,14-18,20H2,1-4H3. The van der Waals surface area contributed by atoms with Gasteiger partial charge in [-0.05, 0) is 63.5 Å². The Labute approximate surface area is 208 Å². The number of esters is 1. The van der Waals surface area contributed by atoms with E-state index < -0.39 is 5.60 Å². The number of carbonyl (C=O) groups is 2. The lowest BCUT2D eigenvalue weighted by molar-refractivity contribution is -0.147. The van der Waals surface area contributed by atoms with Crippen molar-refractivity contribution >= 4 is 23.0 Å². The summed E-state index contributed by atoms with van der Waals surface area (Å²) in [6.07, 6.45) is 6.73. The average Bonchev–Trinajstić information content (AvgIpc) is 2.82. The number of carbonyl (C=O) groups excluding carboxylic acids is 2. The van der Waals surface area contributed by atoms with Gasteiger partial charge in [-0.1, -0.05) is 50.8 Å². The number of hydrogen-bond acceptors (Lipinski definition) is 5. The quantitative estimate of drug-likeness (QED) is 0.323. The molecule has 7 heteroatoms. The molecule has 192 valence electrons. The van der Waals surface area contributed by atoms with E-state index in [1.165, 1.54) is 6.42 Å². The Morgan fingerprint density at radius 1 is 1.03 bits per heavy atom. The molecule has 1 saturated heterocycles. The van der Waals surface area contributed by atoms with E-state index >= 15 is 0 Å². The molecule has 1 aromatic carbocycles. The minimum absolute atomic E-state index is 0.0336. The number of pyridine rings is 1. The molecule has 2 aromatic rings. The van der Waals surface area contributed by atoms with E-state index in [0.717, 1.165) is 36.6 Å². The van der Waals surface area contributed by atoms with E-state index in [-0.39, 0.29) is 30.3 Å². The largest absolute Gasteiger partial charge is 0.444 e. The highest BCUT2D eigenvalue weighted by molar-refractivity contribution is 5.80. The van der Waals surface area contributed by atoms with Gasteiger partial charge in [0.15, 0.2) is 6.73 Å².